The first-order valence-corrected chi connectivity index (χ1v) is 9.07. The SMILES string of the molecule is COc1ccc(CCNC(=O)N(C)C(C)Cc2cc(C)ccn2)cc1OC. The molecule has 0 radical (unpaired) electrons. The molecule has 0 aliphatic rings. The maximum Gasteiger partial charge on any atom is 0.317 e. The van der Waals surface area contributed by atoms with E-state index in [2.05, 4.69) is 16.4 Å². The molecule has 1 N–H and O–H groups in total. The lowest BCUT2D eigenvalue weighted by molar-refractivity contribution is 0.193. The van der Waals surface area contributed by atoms with Crippen LogP contribution in [0.25, 0.3) is 0 Å². The summed E-state index contributed by atoms with van der Waals surface area (Å²) in [4.78, 5) is 18.5. The fraction of sp³-hybridized carbons (Fsp3) is 0.429. The first-order chi connectivity index (χ1) is 12.9. The van der Waals surface area contributed by atoms with Gasteiger partial charge in [0.25, 0.3) is 0 Å². The number of rotatable bonds is 8. The molecule has 6 nitrogen and oxygen atoms in total. The van der Waals surface area contributed by atoms with Crippen molar-refractivity contribution < 1.29 is 14.3 Å². The lowest BCUT2D eigenvalue weighted by atomic mass is 10.1. The smallest absolute Gasteiger partial charge is 0.317 e. The second kappa shape index (κ2) is 9.80. The minimum atomic E-state index is -0.0874. The maximum absolute atomic E-state index is 12.4. The van der Waals surface area contributed by atoms with Gasteiger partial charge in [-0.3, -0.25) is 4.98 Å². The third kappa shape index (κ3) is 5.88. The van der Waals surface area contributed by atoms with E-state index in [0.717, 1.165) is 17.7 Å². The van der Waals surface area contributed by atoms with Crippen molar-refractivity contribution in [3.63, 3.8) is 0 Å². The fourth-order valence-corrected chi connectivity index (χ4v) is 2.82. The molecule has 27 heavy (non-hydrogen) atoms. The van der Waals surface area contributed by atoms with Gasteiger partial charge in [0.2, 0.25) is 0 Å². The topological polar surface area (TPSA) is 63.7 Å². The van der Waals surface area contributed by atoms with Crippen molar-refractivity contribution in [3.8, 4) is 11.5 Å². The van der Waals surface area contributed by atoms with Gasteiger partial charge >= 0.3 is 6.03 Å². The average molecular weight is 371 g/mol. The number of benzene rings is 1. The summed E-state index contributed by atoms with van der Waals surface area (Å²) in [6.45, 7) is 4.62. The molecule has 1 atom stereocenters. The highest BCUT2D eigenvalue weighted by Gasteiger charge is 2.16. The summed E-state index contributed by atoms with van der Waals surface area (Å²) >= 11 is 0. The zero-order valence-electron chi connectivity index (χ0n) is 16.8. The summed E-state index contributed by atoms with van der Waals surface area (Å²) in [7, 11) is 5.04. The molecule has 0 aliphatic carbocycles. The second-order valence-corrected chi connectivity index (χ2v) is 6.66. The van der Waals surface area contributed by atoms with E-state index in [1.807, 2.05) is 45.2 Å². The standard InChI is InChI=1S/C21H29N3O3/c1-15-8-10-22-18(12-15)13-16(2)24(3)21(25)23-11-9-17-6-7-19(26-4)20(14-17)27-5/h6-8,10,12,14,16H,9,11,13H2,1-5H3,(H,23,25). The minimum Gasteiger partial charge on any atom is -0.493 e. The van der Waals surface area contributed by atoms with Crippen LogP contribution in [-0.4, -0.2) is 49.8 Å². The number of urea groups is 1. The third-order valence-corrected chi connectivity index (χ3v) is 4.60. The van der Waals surface area contributed by atoms with Crippen LogP contribution < -0.4 is 14.8 Å². The number of hydrogen-bond donors (Lipinski definition) is 1. The van der Waals surface area contributed by atoms with Crippen molar-refractivity contribution in [2.75, 3.05) is 27.8 Å². The molecule has 1 unspecified atom stereocenters. The largest absolute Gasteiger partial charge is 0.493 e. The van der Waals surface area contributed by atoms with Crippen LogP contribution >= 0.6 is 0 Å². The number of methoxy groups -OCH3 is 2. The summed E-state index contributed by atoms with van der Waals surface area (Å²) < 4.78 is 10.6. The molecular formula is C21H29N3O3. The Kier molecular flexibility index (Phi) is 7.46. The highest BCUT2D eigenvalue weighted by molar-refractivity contribution is 5.74. The van der Waals surface area contributed by atoms with E-state index in [4.69, 9.17) is 9.47 Å². The number of likely N-dealkylation sites (N-methyl/N-ethyl adjacent to an activating group) is 1. The highest BCUT2D eigenvalue weighted by Crippen LogP contribution is 2.27. The normalized spacial score (nSPS) is 11.6. The summed E-state index contributed by atoms with van der Waals surface area (Å²) in [6.07, 6.45) is 3.25. The first kappa shape index (κ1) is 20.6. The summed E-state index contributed by atoms with van der Waals surface area (Å²) in [5.41, 5.74) is 3.24. The van der Waals surface area contributed by atoms with E-state index in [-0.39, 0.29) is 12.1 Å². The molecule has 1 aromatic carbocycles. The van der Waals surface area contributed by atoms with Crippen LogP contribution in [0.15, 0.2) is 36.5 Å². The molecule has 0 saturated carbocycles. The Labute approximate surface area is 161 Å². The van der Waals surface area contributed by atoms with E-state index in [0.29, 0.717) is 24.5 Å². The number of hydrogen-bond acceptors (Lipinski definition) is 4. The van der Waals surface area contributed by atoms with Gasteiger partial charge in [-0.1, -0.05) is 6.07 Å². The molecule has 2 rings (SSSR count). The molecule has 146 valence electrons. The van der Waals surface area contributed by atoms with E-state index < -0.39 is 0 Å². The molecule has 2 amide bonds. The Hall–Kier alpha value is -2.76. The number of amides is 2. The van der Waals surface area contributed by atoms with Crippen LogP contribution in [-0.2, 0) is 12.8 Å². The van der Waals surface area contributed by atoms with Gasteiger partial charge in [0.15, 0.2) is 11.5 Å². The van der Waals surface area contributed by atoms with Gasteiger partial charge in [-0.25, -0.2) is 4.79 Å². The van der Waals surface area contributed by atoms with Crippen molar-refractivity contribution in [1.82, 2.24) is 15.2 Å². The van der Waals surface area contributed by atoms with Crippen LogP contribution in [0.2, 0.25) is 0 Å². The molecule has 0 fully saturated rings. The maximum atomic E-state index is 12.4. The van der Waals surface area contributed by atoms with Gasteiger partial charge in [0.1, 0.15) is 0 Å². The minimum absolute atomic E-state index is 0.0559. The number of carbonyl (C=O) groups excluding carboxylic acids is 1. The van der Waals surface area contributed by atoms with E-state index in [1.165, 1.54) is 5.56 Å². The Morgan fingerprint density at radius 1 is 1.19 bits per heavy atom. The predicted octanol–water partition coefficient (Wildman–Crippen LogP) is 3.22. The Balaban J connectivity index is 1.84. The van der Waals surface area contributed by atoms with Gasteiger partial charge in [-0.05, 0) is 55.7 Å². The van der Waals surface area contributed by atoms with Crippen LogP contribution in [0.1, 0.15) is 23.7 Å². The van der Waals surface area contributed by atoms with Gasteiger partial charge in [-0.15, -0.1) is 0 Å². The van der Waals surface area contributed by atoms with E-state index >= 15 is 0 Å². The van der Waals surface area contributed by atoms with Crippen molar-refractivity contribution >= 4 is 6.03 Å². The van der Waals surface area contributed by atoms with Crippen molar-refractivity contribution in [1.29, 1.82) is 0 Å². The number of aromatic nitrogens is 1. The second-order valence-electron chi connectivity index (χ2n) is 6.66. The third-order valence-electron chi connectivity index (χ3n) is 4.60. The predicted molar refractivity (Wildman–Crippen MR) is 107 cm³/mol. The van der Waals surface area contributed by atoms with E-state index in [1.54, 1.807) is 25.3 Å². The Morgan fingerprint density at radius 3 is 2.59 bits per heavy atom. The number of nitrogens with one attached hydrogen (secondary N) is 1. The number of pyridine rings is 1. The summed E-state index contributed by atoms with van der Waals surface area (Å²) in [6, 6.07) is 9.78. The quantitative estimate of drug-likeness (QED) is 0.774. The van der Waals surface area contributed by atoms with Gasteiger partial charge in [0.05, 0.1) is 14.2 Å². The zero-order chi connectivity index (χ0) is 19.8. The van der Waals surface area contributed by atoms with Crippen LogP contribution in [0, 0.1) is 6.92 Å². The molecule has 1 aromatic heterocycles. The number of carbonyl (C=O) groups is 1. The molecule has 0 aliphatic heterocycles. The molecule has 6 heteroatoms. The highest BCUT2D eigenvalue weighted by atomic mass is 16.5. The number of aryl methyl sites for hydroxylation is 1. The van der Waals surface area contributed by atoms with Crippen LogP contribution in [0.5, 0.6) is 11.5 Å². The molecular weight excluding hydrogens is 342 g/mol. The summed E-state index contributed by atoms with van der Waals surface area (Å²) in [5.74, 6) is 1.39. The Bertz CT molecular complexity index is 764. The summed E-state index contributed by atoms with van der Waals surface area (Å²) in [5, 5.41) is 2.97. The Morgan fingerprint density at radius 2 is 1.93 bits per heavy atom. The average Bonchev–Trinajstić information content (AvgIpc) is 2.67. The molecule has 0 bridgehead atoms. The van der Waals surface area contributed by atoms with Crippen molar-refractivity contribution in [3.05, 3.63) is 53.3 Å². The number of nitrogens with zero attached hydrogens (tertiary/aromatic N) is 2. The monoisotopic (exact) mass is 371 g/mol. The van der Waals surface area contributed by atoms with Gasteiger partial charge in [0, 0.05) is 37.9 Å². The van der Waals surface area contributed by atoms with Crippen molar-refractivity contribution in [2.45, 2.75) is 32.7 Å². The van der Waals surface area contributed by atoms with E-state index in [9.17, 15) is 4.79 Å². The van der Waals surface area contributed by atoms with Crippen LogP contribution in [0.4, 0.5) is 4.79 Å². The molecule has 2 aromatic rings. The van der Waals surface area contributed by atoms with Gasteiger partial charge < -0.3 is 19.7 Å². The van der Waals surface area contributed by atoms with Gasteiger partial charge in [-0.2, -0.15) is 0 Å². The number of ether oxygens (including phenoxy) is 2. The molecule has 1 heterocycles. The molecule has 0 spiro atoms. The zero-order valence-corrected chi connectivity index (χ0v) is 16.8. The van der Waals surface area contributed by atoms with Crippen molar-refractivity contribution in [2.24, 2.45) is 0 Å². The first-order valence-electron chi connectivity index (χ1n) is 9.07. The molecule has 0 saturated heterocycles. The van der Waals surface area contributed by atoms with Crippen LogP contribution in [0.3, 0.4) is 0 Å². The fourth-order valence-electron chi connectivity index (χ4n) is 2.82. The lowest BCUT2D eigenvalue weighted by Gasteiger charge is -2.25. The lowest BCUT2D eigenvalue weighted by Crippen LogP contribution is -2.43.